The summed E-state index contributed by atoms with van der Waals surface area (Å²) in [5, 5.41) is 4.41. The lowest BCUT2D eigenvalue weighted by atomic mass is 9.81. The van der Waals surface area contributed by atoms with Gasteiger partial charge in [0.15, 0.2) is 5.75 Å². The molecule has 1 atom stereocenters. The predicted octanol–water partition coefficient (Wildman–Crippen LogP) is 2.81. The molecule has 0 aliphatic rings. The fraction of sp³-hybridized carbons (Fsp3) is 0.812. The van der Waals surface area contributed by atoms with Crippen LogP contribution in [0.5, 0.6) is 5.75 Å². The van der Waals surface area contributed by atoms with Crippen LogP contribution < -0.4 is 10.5 Å². The number of aryl methyl sites for hydroxylation is 1. The highest BCUT2D eigenvalue weighted by molar-refractivity contribution is 5.31. The summed E-state index contributed by atoms with van der Waals surface area (Å²) in [5.41, 5.74) is 7.71. The molecule has 0 fully saturated rings. The quantitative estimate of drug-likeness (QED) is 0.761. The summed E-state index contributed by atoms with van der Waals surface area (Å²) in [4.78, 5) is 2.48. The van der Waals surface area contributed by atoms with Crippen LogP contribution in [0, 0.1) is 0 Å². The van der Waals surface area contributed by atoms with Gasteiger partial charge in [0, 0.05) is 12.1 Å². The van der Waals surface area contributed by atoms with E-state index in [1.54, 1.807) is 13.3 Å². The highest BCUT2D eigenvalue weighted by Crippen LogP contribution is 2.39. The molecular weight excluding hydrogens is 264 g/mol. The van der Waals surface area contributed by atoms with Gasteiger partial charge in [-0.1, -0.05) is 27.7 Å². The molecule has 0 saturated carbocycles. The Morgan fingerprint density at radius 3 is 2.19 bits per heavy atom. The van der Waals surface area contributed by atoms with E-state index in [0.29, 0.717) is 0 Å². The molecule has 0 spiro atoms. The first-order chi connectivity index (χ1) is 10.1. The monoisotopic (exact) mass is 296 g/mol. The van der Waals surface area contributed by atoms with Crippen molar-refractivity contribution in [1.29, 1.82) is 0 Å². The number of nitrogens with zero attached hydrogens (tertiary/aromatic N) is 3. The minimum atomic E-state index is -0.121. The number of methoxy groups -OCH3 is 1. The molecule has 21 heavy (non-hydrogen) atoms. The van der Waals surface area contributed by atoms with Gasteiger partial charge in [-0.2, -0.15) is 5.10 Å². The lowest BCUT2D eigenvalue weighted by Gasteiger charge is -2.46. The summed E-state index contributed by atoms with van der Waals surface area (Å²) in [6.45, 7) is 13.7. The van der Waals surface area contributed by atoms with Crippen LogP contribution in [0.15, 0.2) is 6.20 Å². The molecule has 0 aliphatic heterocycles. The van der Waals surface area contributed by atoms with Gasteiger partial charge in [-0.3, -0.25) is 9.58 Å². The predicted molar refractivity (Wildman–Crippen MR) is 87.6 cm³/mol. The Balaban J connectivity index is 3.35. The first-order valence-electron chi connectivity index (χ1n) is 8.16. The van der Waals surface area contributed by atoms with Crippen LogP contribution in [0.1, 0.15) is 59.2 Å². The number of rotatable bonds is 9. The van der Waals surface area contributed by atoms with Crippen molar-refractivity contribution in [3.05, 3.63) is 11.9 Å². The lowest BCUT2D eigenvalue weighted by Crippen LogP contribution is -2.55. The summed E-state index contributed by atoms with van der Waals surface area (Å²) in [6, 6.07) is -0.121. The van der Waals surface area contributed by atoms with Crippen LogP contribution in [0.3, 0.4) is 0 Å². The minimum Gasteiger partial charge on any atom is -0.493 e. The van der Waals surface area contributed by atoms with Gasteiger partial charge in [-0.25, -0.2) is 0 Å². The number of likely N-dealkylation sites (N-methyl/N-ethyl adjacent to an activating group) is 1. The fourth-order valence-electron chi connectivity index (χ4n) is 3.54. The third-order valence-corrected chi connectivity index (χ3v) is 4.86. The SMILES string of the molecule is CCN(CC)C(CC)(CC)C(N)c1c(OC)cnn1CC. The molecule has 0 aliphatic carbocycles. The van der Waals surface area contributed by atoms with Crippen molar-refractivity contribution in [2.45, 2.75) is 65.6 Å². The van der Waals surface area contributed by atoms with Crippen molar-refractivity contribution in [1.82, 2.24) is 14.7 Å². The molecule has 1 aromatic heterocycles. The summed E-state index contributed by atoms with van der Waals surface area (Å²) in [5.74, 6) is 0.794. The van der Waals surface area contributed by atoms with Gasteiger partial charge >= 0.3 is 0 Å². The van der Waals surface area contributed by atoms with Gasteiger partial charge in [-0.15, -0.1) is 0 Å². The zero-order valence-electron chi connectivity index (χ0n) is 14.5. The maximum atomic E-state index is 6.76. The van der Waals surface area contributed by atoms with Crippen molar-refractivity contribution >= 4 is 0 Å². The Hall–Kier alpha value is -1.07. The van der Waals surface area contributed by atoms with E-state index in [1.165, 1.54) is 0 Å². The summed E-state index contributed by atoms with van der Waals surface area (Å²) in [7, 11) is 1.68. The largest absolute Gasteiger partial charge is 0.493 e. The first kappa shape index (κ1) is 18.0. The molecule has 0 bridgehead atoms. The maximum absolute atomic E-state index is 6.76. The number of ether oxygens (including phenoxy) is 1. The van der Waals surface area contributed by atoms with E-state index in [9.17, 15) is 0 Å². The Kier molecular flexibility index (Phi) is 6.68. The van der Waals surface area contributed by atoms with Crippen molar-refractivity contribution < 1.29 is 4.74 Å². The third kappa shape index (κ3) is 3.09. The van der Waals surface area contributed by atoms with Gasteiger partial charge in [0.2, 0.25) is 0 Å². The number of aromatic nitrogens is 2. The molecule has 1 rings (SSSR count). The van der Waals surface area contributed by atoms with Gasteiger partial charge < -0.3 is 10.5 Å². The van der Waals surface area contributed by atoms with Crippen molar-refractivity contribution in [2.75, 3.05) is 20.2 Å². The van der Waals surface area contributed by atoms with E-state index in [-0.39, 0.29) is 11.6 Å². The van der Waals surface area contributed by atoms with Crippen LogP contribution in [-0.2, 0) is 6.54 Å². The highest BCUT2D eigenvalue weighted by Gasteiger charge is 2.41. The average Bonchev–Trinajstić information content (AvgIpc) is 2.94. The summed E-state index contributed by atoms with van der Waals surface area (Å²) < 4.78 is 7.46. The average molecular weight is 296 g/mol. The molecule has 0 radical (unpaired) electrons. The number of hydrogen-bond acceptors (Lipinski definition) is 4. The van der Waals surface area contributed by atoms with Gasteiger partial charge in [0.1, 0.15) is 0 Å². The standard InChI is InChI=1S/C16H32N4O/c1-7-16(8-2,19(9-3)10-4)15(17)14-13(21-6)12-18-20(14)11-5/h12,15H,7-11,17H2,1-6H3. The van der Waals surface area contributed by atoms with Crippen LogP contribution in [0.25, 0.3) is 0 Å². The van der Waals surface area contributed by atoms with Crippen LogP contribution >= 0.6 is 0 Å². The van der Waals surface area contributed by atoms with E-state index in [1.807, 2.05) is 4.68 Å². The third-order valence-electron chi connectivity index (χ3n) is 4.86. The van der Waals surface area contributed by atoms with Gasteiger partial charge in [0.05, 0.1) is 25.0 Å². The van der Waals surface area contributed by atoms with Crippen LogP contribution in [0.4, 0.5) is 0 Å². The molecule has 0 amide bonds. The van der Waals surface area contributed by atoms with Gasteiger partial charge in [-0.05, 0) is 32.9 Å². The van der Waals surface area contributed by atoms with Gasteiger partial charge in [0.25, 0.3) is 0 Å². The molecular formula is C16H32N4O. The topological polar surface area (TPSA) is 56.3 Å². The van der Waals surface area contributed by atoms with Crippen molar-refractivity contribution in [3.63, 3.8) is 0 Å². The molecule has 2 N–H and O–H groups in total. The molecule has 1 heterocycles. The molecule has 1 unspecified atom stereocenters. The van der Waals surface area contributed by atoms with E-state index < -0.39 is 0 Å². The Morgan fingerprint density at radius 2 is 1.81 bits per heavy atom. The van der Waals surface area contributed by atoms with Crippen molar-refractivity contribution in [3.8, 4) is 5.75 Å². The number of nitrogens with two attached hydrogens (primary N) is 1. The van der Waals surface area contributed by atoms with E-state index in [2.05, 4.69) is 44.6 Å². The van der Waals surface area contributed by atoms with E-state index in [0.717, 1.165) is 43.9 Å². The van der Waals surface area contributed by atoms with Crippen LogP contribution in [0.2, 0.25) is 0 Å². The summed E-state index contributed by atoms with van der Waals surface area (Å²) in [6.07, 6.45) is 3.78. The van der Waals surface area contributed by atoms with Crippen molar-refractivity contribution in [2.24, 2.45) is 5.73 Å². The lowest BCUT2D eigenvalue weighted by molar-refractivity contribution is 0.0588. The second kappa shape index (κ2) is 7.80. The Bertz CT molecular complexity index is 400. The Labute approximate surface area is 129 Å². The normalized spacial score (nSPS) is 13.7. The Morgan fingerprint density at radius 1 is 1.24 bits per heavy atom. The zero-order chi connectivity index (χ0) is 16.0. The zero-order valence-corrected chi connectivity index (χ0v) is 14.5. The molecule has 122 valence electrons. The molecule has 5 heteroatoms. The first-order valence-corrected chi connectivity index (χ1v) is 8.16. The minimum absolute atomic E-state index is 0.0657. The number of hydrogen-bond donors (Lipinski definition) is 1. The van der Waals surface area contributed by atoms with Crippen LogP contribution in [-0.4, -0.2) is 40.4 Å². The molecule has 5 nitrogen and oxygen atoms in total. The molecule has 0 aromatic carbocycles. The smallest absolute Gasteiger partial charge is 0.161 e. The summed E-state index contributed by atoms with van der Waals surface area (Å²) >= 11 is 0. The van der Waals surface area contributed by atoms with E-state index >= 15 is 0 Å². The second-order valence-electron chi connectivity index (χ2n) is 5.37. The fourth-order valence-corrected chi connectivity index (χ4v) is 3.54. The van der Waals surface area contributed by atoms with E-state index in [4.69, 9.17) is 10.5 Å². The molecule has 0 saturated heterocycles. The maximum Gasteiger partial charge on any atom is 0.161 e. The molecule has 1 aromatic rings. The highest BCUT2D eigenvalue weighted by atomic mass is 16.5. The second-order valence-corrected chi connectivity index (χ2v) is 5.37.